The molecule has 0 bridgehead atoms. The van der Waals surface area contributed by atoms with Crippen molar-refractivity contribution in [2.75, 3.05) is 32.8 Å². The fourth-order valence-electron chi connectivity index (χ4n) is 2.19. The Labute approximate surface area is 105 Å². The third kappa shape index (κ3) is 6.36. The van der Waals surface area contributed by atoms with Gasteiger partial charge in [-0.15, -0.1) is 0 Å². The van der Waals surface area contributed by atoms with Crippen molar-refractivity contribution in [1.82, 2.24) is 10.2 Å². The molecule has 2 N–H and O–H groups in total. The number of ether oxygens (including phenoxy) is 1. The van der Waals surface area contributed by atoms with E-state index in [-0.39, 0.29) is 6.10 Å². The van der Waals surface area contributed by atoms with Gasteiger partial charge in [0.1, 0.15) is 0 Å². The first-order chi connectivity index (χ1) is 7.89. The SMILES string of the molecule is CC(C)NCC(C)(O)CN1CCCOC(C)C1. The zero-order valence-corrected chi connectivity index (χ0v) is 11.7. The summed E-state index contributed by atoms with van der Waals surface area (Å²) in [4.78, 5) is 2.31. The Morgan fingerprint density at radius 1 is 1.53 bits per heavy atom. The van der Waals surface area contributed by atoms with E-state index < -0.39 is 5.60 Å². The molecule has 0 aliphatic carbocycles. The average Bonchev–Trinajstić information content (AvgIpc) is 2.39. The molecule has 0 aromatic heterocycles. The summed E-state index contributed by atoms with van der Waals surface area (Å²) in [6.45, 7) is 12.3. The fourth-order valence-corrected chi connectivity index (χ4v) is 2.19. The quantitative estimate of drug-likeness (QED) is 0.752. The van der Waals surface area contributed by atoms with Gasteiger partial charge in [0.25, 0.3) is 0 Å². The Hall–Kier alpha value is -0.160. The molecule has 0 amide bonds. The summed E-state index contributed by atoms with van der Waals surface area (Å²) in [6.07, 6.45) is 1.32. The molecule has 1 aliphatic heterocycles. The molecule has 0 saturated carbocycles. The summed E-state index contributed by atoms with van der Waals surface area (Å²) in [6, 6.07) is 0.410. The Morgan fingerprint density at radius 3 is 2.88 bits per heavy atom. The zero-order valence-electron chi connectivity index (χ0n) is 11.7. The van der Waals surface area contributed by atoms with Crippen molar-refractivity contribution in [2.45, 2.75) is 51.9 Å². The molecule has 0 radical (unpaired) electrons. The van der Waals surface area contributed by atoms with Crippen LogP contribution < -0.4 is 5.32 Å². The first-order valence-electron chi connectivity index (χ1n) is 6.69. The molecule has 2 atom stereocenters. The van der Waals surface area contributed by atoms with E-state index in [1.807, 2.05) is 6.92 Å². The van der Waals surface area contributed by atoms with Crippen molar-refractivity contribution in [1.29, 1.82) is 0 Å². The number of nitrogens with zero attached hydrogens (tertiary/aromatic N) is 1. The van der Waals surface area contributed by atoms with E-state index >= 15 is 0 Å². The largest absolute Gasteiger partial charge is 0.388 e. The third-order valence-corrected chi connectivity index (χ3v) is 2.99. The second-order valence-corrected chi connectivity index (χ2v) is 5.80. The van der Waals surface area contributed by atoms with Crippen molar-refractivity contribution in [3.63, 3.8) is 0 Å². The van der Waals surface area contributed by atoms with Gasteiger partial charge in [0, 0.05) is 38.8 Å². The first-order valence-corrected chi connectivity index (χ1v) is 6.69. The van der Waals surface area contributed by atoms with Gasteiger partial charge >= 0.3 is 0 Å². The smallest absolute Gasteiger partial charge is 0.0869 e. The van der Waals surface area contributed by atoms with Crippen LogP contribution in [-0.2, 0) is 4.74 Å². The lowest BCUT2D eigenvalue weighted by Crippen LogP contribution is -2.50. The molecule has 0 aromatic carbocycles. The molecule has 102 valence electrons. The minimum Gasteiger partial charge on any atom is -0.388 e. The summed E-state index contributed by atoms with van der Waals surface area (Å²) in [5.41, 5.74) is -0.672. The standard InChI is InChI=1S/C13H28N2O2/c1-11(2)14-9-13(4,16)10-15-6-5-7-17-12(3)8-15/h11-12,14,16H,5-10H2,1-4H3. The number of hydrogen-bond acceptors (Lipinski definition) is 4. The summed E-state index contributed by atoms with van der Waals surface area (Å²) in [7, 11) is 0. The van der Waals surface area contributed by atoms with Crippen molar-refractivity contribution in [3.05, 3.63) is 0 Å². The molecule has 1 saturated heterocycles. The lowest BCUT2D eigenvalue weighted by molar-refractivity contribution is 0.00892. The van der Waals surface area contributed by atoms with E-state index in [1.165, 1.54) is 0 Å². The predicted molar refractivity (Wildman–Crippen MR) is 70.2 cm³/mol. The minimum absolute atomic E-state index is 0.270. The maximum atomic E-state index is 10.3. The average molecular weight is 244 g/mol. The monoisotopic (exact) mass is 244 g/mol. The highest BCUT2D eigenvalue weighted by atomic mass is 16.5. The lowest BCUT2D eigenvalue weighted by atomic mass is 10.1. The van der Waals surface area contributed by atoms with Gasteiger partial charge < -0.3 is 15.2 Å². The van der Waals surface area contributed by atoms with Gasteiger partial charge in [-0.1, -0.05) is 13.8 Å². The third-order valence-electron chi connectivity index (χ3n) is 2.99. The number of aliphatic hydroxyl groups is 1. The first kappa shape index (κ1) is 14.9. The molecule has 0 aromatic rings. The van der Waals surface area contributed by atoms with Gasteiger partial charge in [0.2, 0.25) is 0 Å². The number of rotatable bonds is 5. The Kier molecular flexibility index (Phi) is 5.86. The van der Waals surface area contributed by atoms with Crippen molar-refractivity contribution in [2.24, 2.45) is 0 Å². The molecule has 1 heterocycles. The van der Waals surface area contributed by atoms with Gasteiger partial charge in [-0.05, 0) is 20.3 Å². The van der Waals surface area contributed by atoms with E-state index in [0.717, 1.165) is 26.1 Å². The van der Waals surface area contributed by atoms with Crippen LogP contribution in [-0.4, -0.2) is 60.5 Å². The van der Waals surface area contributed by atoms with Gasteiger partial charge in [-0.25, -0.2) is 0 Å². The highest BCUT2D eigenvalue weighted by Crippen LogP contribution is 2.11. The molecule has 4 heteroatoms. The van der Waals surface area contributed by atoms with Crippen molar-refractivity contribution >= 4 is 0 Å². The molecule has 1 rings (SSSR count). The normalized spacial score (nSPS) is 26.8. The summed E-state index contributed by atoms with van der Waals surface area (Å²) >= 11 is 0. The van der Waals surface area contributed by atoms with Gasteiger partial charge in [0.15, 0.2) is 0 Å². The topological polar surface area (TPSA) is 44.7 Å². The van der Waals surface area contributed by atoms with Crippen LogP contribution in [0.25, 0.3) is 0 Å². The van der Waals surface area contributed by atoms with Gasteiger partial charge in [-0.2, -0.15) is 0 Å². The van der Waals surface area contributed by atoms with Crippen molar-refractivity contribution < 1.29 is 9.84 Å². The van der Waals surface area contributed by atoms with E-state index in [0.29, 0.717) is 19.1 Å². The molecule has 4 nitrogen and oxygen atoms in total. The zero-order chi connectivity index (χ0) is 12.9. The molecule has 2 unspecified atom stereocenters. The lowest BCUT2D eigenvalue weighted by Gasteiger charge is -2.32. The summed E-state index contributed by atoms with van der Waals surface area (Å²) < 4.78 is 5.61. The van der Waals surface area contributed by atoms with E-state index in [1.54, 1.807) is 0 Å². The molecular weight excluding hydrogens is 216 g/mol. The second-order valence-electron chi connectivity index (χ2n) is 5.80. The number of β-amino-alcohol motifs (C(OH)–C–C–N with tert-alkyl or cyclic N) is 1. The minimum atomic E-state index is -0.672. The van der Waals surface area contributed by atoms with Crippen LogP contribution in [0.2, 0.25) is 0 Å². The Balaban J connectivity index is 2.39. The number of nitrogens with one attached hydrogen (secondary N) is 1. The highest BCUT2D eigenvalue weighted by Gasteiger charge is 2.26. The van der Waals surface area contributed by atoms with Crippen LogP contribution in [0.5, 0.6) is 0 Å². The van der Waals surface area contributed by atoms with E-state index in [9.17, 15) is 5.11 Å². The van der Waals surface area contributed by atoms with Crippen LogP contribution in [0.3, 0.4) is 0 Å². The van der Waals surface area contributed by atoms with Gasteiger partial charge in [0.05, 0.1) is 11.7 Å². The molecule has 0 spiro atoms. The van der Waals surface area contributed by atoms with E-state index in [4.69, 9.17) is 4.74 Å². The number of hydrogen-bond donors (Lipinski definition) is 2. The van der Waals surface area contributed by atoms with Crippen LogP contribution in [0.15, 0.2) is 0 Å². The predicted octanol–water partition coefficient (Wildman–Crippen LogP) is 0.846. The Bertz CT molecular complexity index is 219. The fraction of sp³-hybridized carbons (Fsp3) is 1.00. The maximum Gasteiger partial charge on any atom is 0.0869 e. The van der Waals surface area contributed by atoms with Crippen molar-refractivity contribution in [3.8, 4) is 0 Å². The second kappa shape index (κ2) is 6.69. The molecule has 17 heavy (non-hydrogen) atoms. The van der Waals surface area contributed by atoms with Gasteiger partial charge in [-0.3, -0.25) is 4.90 Å². The Morgan fingerprint density at radius 2 is 2.24 bits per heavy atom. The van der Waals surface area contributed by atoms with Crippen LogP contribution >= 0.6 is 0 Å². The van der Waals surface area contributed by atoms with Crippen LogP contribution in [0, 0.1) is 0 Å². The van der Waals surface area contributed by atoms with E-state index in [2.05, 4.69) is 31.0 Å². The molecule has 1 aliphatic rings. The maximum absolute atomic E-state index is 10.3. The summed E-state index contributed by atoms with van der Waals surface area (Å²) in [5, 5.41) is 13.6. The highest BCUT2D eigenvalue weighted by molar-refractivity contribution is 4.82. The molecule has 1 fully saturated rings. The van der Waals surface area contributed by atoms with Crippen LogP contribution in [0.1, 0.15) is 34.1 Å². The summed E-state index contributed by atoms with van der Waals surface area (Å²) in [5.74, 6) is 0. The molecular formula is C13H28N2O2. The van der Waals surface area contributed by atoms with Crippen LogP contribution in [0.4, 0.5) is 0 Å².